The molecule has 10 rings (SSSR count). The second-order valence-corrected chi connectivity index (χ2v) is 13.3. The molecule has 0 aliphatic carbocycles. The van der Waals surface area contributed by atoms with E-state index in [2.05, 4.69) is 168 Å². The fourth-order valence-electron chi connectivity index (χ4n) is 7.57. The molecule has 2 aromatic heterocycles. The van der Waals surface area contributed by atoms with Crippen LogP contribution in [0.4, 0.5) is 0 Å². The van der Waals surface area contributed by atoms with Gasteiger partial charge in [0.05, 0.1) is 11.0 Å². The van der Waals surface area contributed by atoms with E-state index in [9.17, 15) is 0 Å². The average Bonchev–Trinajstić information content (AvgIpc) is 3.58. The van der Waals surface area contributed by atoms with Gasteiger partial charge in [-0.25, -0.2) is 4.98 Å². The zero-order valence-electron chi connectivity index (χ0n) is 28.8. The van der Waals surface area contributed by atoms with E-state index in [1.807, 2.05) is 30.3 Å². The van der Waals surface area contributed by atoms with Crippen LogP contribution in [0.5, 0.6) is 0 Å². The highest BCUT2D eigenvalue weighted by Gasteiger charge is 2.18. The number of nitrogens with zero attached hydrogens (tertiary/aromatic N) is 4. The van der Waals surface area contributed by atoms with Gasteiger partial charge >= 0.3 is 0 Å². The first-order valence-corrected chi connectivity index (χ1v) is 17.9. The van der Waals surface area contributed by atoms with Crippen molar-refractivity contribution >= 4 is 32.6 Å². The van der Waals surface area contributed by atoms with Crippen molar-refractivity contribution in [1.82, 2.24) is 19.5 Å². The maximum atomic E-state index is 5.15. The molecule has 2 heterocycles. The lowest BCUT2D eigenvalue weighted by Gasteiger charge is -2.14. The standard InChI is InChI=1S/C49H32N4/c1-3-14-33(15-4-1)38-20-11-21-39(32-38)41-25-13-19-35-18-12-24-40(46(35)41)34-28-30-37(31-29-34)48-50-47(36-16-5-2-6-17-36)51-49(52-48)53-44-26-9-7-22-42(44)43-23-8-10-27-45(43)53/h1-32H. The van der Waals surface area contributed by atoms with E-state index in [0.29, 0.717) is 17.6 Å². The number of benzene rings is 8. The van der Waals surface area contributed by atoms with Crippen molar-refractivity contribution < 1.29 is 0 Å². The Morgan fingerprint density at radius 1 is 0.321 bits per heavy atom. The summed E-state index contributed by atoms with van der Waals surface area (Å²) in [6, 6.07) is 68.2. The quantitative estimate of drug-likeness (QED) is 0.176. The number of rotatable bonds is 6. The molecule has 0 N–H and O–H groups in total. The van der Waals surface area contributed by atoms with Gasteiger partial charge in [-0.05, 0) is 62.4 Å². The Morgan fingerprint density at radius 2 is 0.792 bits per heavy atom. The zero-order valence-corrected chi connectivity index (χ0v) is 28.8. The monoisotopic (exact) mass is 676 g/mol. The number of para-hydroxylation sites is 2. The fourth-order valence-corrected chi connectivity index (χ4v) is 7.57. The zero-order chi connectivity index (χ0) is 35.1. The highest BCUT2D eigenvalue weighted by molar-refractivity contribution is 6.09. The molecule has 0 spiro atoms. The van der Waals surface area contributed by atoms with Gasteiger partial charge in [-0.2, -0.15) is 9.97 Å². The summed E-state index contributed by atoms with van der Waals surface area (Å²) >= 11 is 0. The largest absolute Gasteiger partial charge is 0.278 e. The molecule has 0 aliphatic heterocycles. The Bertz CT molecular complexity index is 2870. The summed E-state index contributed by atoms with van der Waals surface area (Å²) in [5.41, 5.74) is 11.1. The molecule has 53 heavy (non-hydrogen) atoms. The normalized spacial score (nSPS) is 11.4. The van der Waals surface area contributed by atoms with Crippen LogP contribution in [0.3, 0.4) is 0 Å². The Labute approximate surface area is 307 Å². The van der Waals surface area contributed by atoms with Crippen molar-refractivity contribution in [2.45, 2.75) is 0 Å². The first-order valence-electron chi connectivity index (χ1n) is 17.9. The predicted octanol–water partition coefficient (Wildman–Crippen LogP) is 12.5. The van der Waals surface area contributed by atoms with Gasteiger partial charge in [0.1, 0.15) is 0 Å². The maximum Gasteiger partial charge on any atom is 0.238 e. The van der Waals surface area contributed by atoms with Gasteiger partial charge in [0.25, 0.3) is 0 Å². The molecular formula is C49H32N4. The summed E-state index contributed by atoms with van der Waals surface area (Å²) in [4.78, 5) is 15.3. The molecule has 248 valence electrons. The number of aromatic nitrogens is 4. The third kappa shape index (κ3) is 5.45. The first-order chi connectivity index (χ1) is 26.3. The Morgan fingerprint density at radius 3 is 1.43 bits per heavy atom. The highest BCUT2D eigenvalue weighted by atomic mass is 15.2. The van der Waals surface area contributed by atoms with Crippen LogP contribution >= 0.6 is 0 Å². The molecule has 10 aromatic rings. The minimum absolute atomic E-state index is 0.590. The van der Waals surface area contributed by atoms with Crippen LogP contribution in [0, 0.1) is 0 Å². The van der Waals surface area contributed by atoms with Gasteiger partial charge in [0, 0.05) is 21.9 Å². The molecule has 0 atom stereocenters. The van der Waals surface area contributed by atoms with Crippen molar-refractivity contribution in [3.05, 3.63) is 194 Å². The molecule has 0 saturated heterocycles. The summed E-state index contributed by atoms with van der Waals surface area (Å²) in [7, 11) is 0. The van der Waals surface area contributed by atoms with E-state index in [0.717, 1.165) is 38.5 Å². The van der Waals surface area contributed by atoms with E-state index >= 15 is 0 Å². The van der Waals surface area contributed by atoms with Crippen molar-refractivity contribution in [2.75, 3.05) is 0 Å². The van der Waals surface area contributed by atoms with E-state index in [1.165, 1.54) is 38.6 Å². The van der Waals surface area contributed by atoms with Crippen LogP contribution in [0.25, 0.3) is 94.7 Å². The van der Waals surface area contributed by atoms with Crippen LogP contribution < -0.4 is 0 Å². The first kappa shape index (κ1) is 30.6. The molecule has 4 heteroatoms. The molecule has 0 amide bonds. The molecular weight excluding hydrogens is 645 g/mol. The number of hydrogen-bond acceptors (Lipinski definition) is 3. The van der Waals surface area contributed by atoms with Crippen molar-refractivity contribution in [3.63, 3.8) is 0 Å². The molecule has 0 unspecified atom stereocenters. The van der Waals surface area contributed by atoms with E-state index in [4.69, 9.17) is 15.0 Å². The van der Waals surface area contributed by atoms with E-state index in [1.54, 1.807) is 0 Å². The molecule has 0 bridgehead atoms. The summed E-state index contributed by atoms with van der Waals surface area (Å²) in [6.07, 6.45) is 0. The van der Waals surface area contributed by atoms with Crippen molar-refractivity contribution in [3.8, 4) is 62.1 Å². The maximum absolute atomic E-state index is 5.15. The SMILES string of the molecule is c1ccc(-c2cccc(-c3cccc4cccc(-c5ccc(-c6nc(-c7ccccc7)nc(-n7c8ccccc8c8ccccc87)n6)cc5)c34)c2)cc1. The molecule has 0 aliphatic rings. The highest BCUT2D eigenvalue weighted by Crippen LogP contribution is 2.39. The Kier molecular flexibility index (Phi) is 7.43. The Balaban J connectivity index is 1.10. The van der Waals surface area contributed by atoms with Gasteiger partial charge in [0.15, 0.2) is 11.6 Å². The summed E-state index contributed by atoms with van der Waals surface area (Å²) in [5, 5.41) is 4.76. The fraction of sp³-hybridized carbons (Fsp3) is 0. The third-order valence-corrected chi connectivity index (χ3v) is 10.1. The second kappa shape index (κ2) is 12.9. The van der Waals surface area contributed by atoms with E-state index in [-0.39, 0.29) is 0 Å². The molecule has 0 fully saturated rings. The average molecular weight is 677 g/mol. The van der Waals surface area contributed by atoms with Crippen molar-refractivity contribution in [1.29, 1.82) is 0 Å². The number of hydrogen-bond donors (Lipinski definition) is 0. The van der Waals surface area contributed by atoms with Gasteiger partial charge in [-0.15, -0.1) is 0 Å². The smallest absolute Gasteiger partial charge is 0.238 e. The van der Waals surface area contributed by atoms with E-state index < -0.39 is 0 Å². The minimum atomic E-state index is 0.590. The van der Waals surface area contributed by atoms with Gasteiger partial charge in [-0.1, -0.05) is 176 Å². The lowest BCUT2D eigenvalue weighted by atomic mass is 9.90. The molecule has 4 nitrogen and oxygen atoms in total. The summed E-state index contributed by atoms with van der Waals surface area (Å²) < 4.78 is 2.15. The van der Waals surface area contributed by atoms with Gasteiger partial charge < -0.3 is 0 Å². The second-order valence-electron chi connectivity index (χ2n) is 13.3. The van der Waals surface area contributed by atoms with Gasteiger partial charge in [0.2, 0.25) is 5.95 Å². The third-order valence-electron chi connectivity index (χ3n) is 10.1. The lowest BCUT2D eigenvalue weighted by molar-refractivity contribution is 0.953. The van der Waals surface area contributed by atoms with Crippen LogP contribution in [-0.2, 0) is 0 Å². The summed E-state index contributed by atoms with van der Waals surface area (Å²) in [5.74, 6) is 1.85. The Hall–Kier alpha value is -7.17. The van der Waals surface area contributed by atoms with Crippen molar-refractivity contribution in [2.24, 2.45) is 0 Å². The van der Waals surface area contributed by atoms with Gasteiger partial charge in [-0.3, -0.25) is 4.57 Å². The predicted molar refractivity (Wildman–Crippen MR) is 219 cm³/mol. The molecule has 8 aromatic carbocycles. The van der Waals surface area contributed by atoms with Crippen LogP contribution in [0.15, 0.2) is 194 Å². The van der Waals surface area contributed by atoms with Crippen LogP contribution in [0.2, 0.25) is 0 Å². The minimum Gasteiger partial charge on any atom is -0.278 e. The van der Waals surface area contributed by atoms with Crippen LogP contribution in [-0.4, -0.2) is 19.5 Å². The molecule has 0 radical (unpaired) electrons. The lowest BCUT2D eigenvalue weighted by Crippen LogP contribution is -2.06. The molecule has 0 saturated carbocycles. The topological polar surface area (TPSA) is 43.6 Å². The number of fused-ring (bicyclic) bond motifs is 4. The summed E-state index contributed by atoms with van der Waals surface area (Å²) in [6.45, 7) is 0. The van der Waals surface area contributed by atoms with Crippen LogP contribution in [0.1, 0.15) is 0 Å².